The van der Waals surface area contributed by atoms with Crippen molar-refractivity contribution in [2.45, 2.75) is 12.5 Å². The van der Waals surface area contributed by atoms with E-state index in [1.807, 2.05) is 18.2 Å². The number of benzene rings is 1. The van der Waals surface area contributed by atoms with Crippen LogP contribution in [-0.2, 0) is 11.2 Å². The monoisotopic (exact) mass is 212 g/mol. The van der Waals surface area contributed by atoms with Crippen LogP contribution >= 0.6 is 11.6 Å². The second-order valence-corrected chi connectivity index (χ2v) is 3.49. The molecule has 0 heterocycles. The molecule has 0 aromatic heterocycles. The zero-order valence-corrected chi connectivity index (χ0v) is 8.71. The number of nitrogens with two attached hydrogens (primary N) is 1. The van der Waals surface area contributed by atoms with E-state index in [4.69, 9.17) is 17.3 Å². The number of amides is 1. The third kappa shape index (κ3) is 3.01. The summed E-state index contributed by atoms with van der Waals surface area (Å²) in [5, 5.41) is 3.16. The van der Waals surface area contributed by atoms with Crippen LogP contribution in [0.15, 0.2) is 24.3 Å². The fraction of sp³-hybridized carbons (Fsp3) is 0.300. The zero-order valence-electron chi connectivity index (χ0n) is 7.96. The fourth-order valence-electron chi connectivity index (χ4n) is 1.20. The Balaban J connectivity index is 2.64. The van der Waals surface area contributed by atoms with Crippen LogP contribution in [0.25, 0.3) is 0 Å². The lowest BCUT2D eigenvalue weighted by Crippen LogP contribution is -2.40. The van der Waals surface area contributed by atoms with Gasteiger partial charge in [0.25, 0.3) is 0 Å². The lowest BCUT2D eigenvalue weighted by atomic mass is 10.1. The fourth-order valence-corrected chi connectivity index (χ4v) is 1.41. The van der Waals surface area contributed by atoms with Gasteiger partial charge in [0, 0.05) is 12.1 Å². The molecular formula is C10H13ClN2O. The molecule has 0 aliphatic rings. The number of rotatable bonds is 3. The summed E-state index contributed by atoms with van der Waals surface area (Å²) in [6.45, 7) is 0. The number of hydrogen-bond acceptors (Lipinski definition) is 2. The van der Waals surface area contributed by atoms with Crippen molar-refractivity contribution < 1.29 is 4.79 Å². The van der Waals surface area contributed by atoms with E-state index in [0.29, 0.717) is 11.4 Å². The SMILES string of the molecule is CNC(=O)[C@@H](N)Cc1cccc(Cl)c1. The van der Waals surface area contributed by atoms with Crippen LogP contribution in [0.4, 0.5) is 0 Å². The Morgan fingerprint density at radius 1 is 1.64 bits per heavy atom. The molecule has 0 aliphatic heterocycles. The van der Waals surface area contributed by atoms with Gasteiger partial charge in [0.15, 0.2) is 0 Å². The Bertz CT molecular complexity index is 328. The van der Waals surface area contributed by atoms with Crippen LogP contribution in [-0.4, -0.2) is 19.0 Å². The molecule has 0 unspecified atom stereocenters. The van der Waals surface area contributed by atoms with Crippen LogP contribution in [0.1, 0.15) is 5.56 Å². The molecule has 76 valence electrons. The van der Waals surface area contributed by atoms with Gasteiger partial charge >= 0.3 is 0 Å². The van der Waals surface area contributed by atoms with Crippen LogP contribution in [0.3, 0.4) is 0 Å². The van der Waals surface area contributed by atoms with E-state index in [0.717, 1.165) is 5.56 Å². The molecule has 14 heavy (non-hydrogen) atoms. The quantitative estimate of drug-likeness (QED) is 0.784. The van der Waals surface area contributed by atoms with Crippen LogP contribution in [0.5, 0.6) is 0 Å². The molecule has 0 saturated carbocycles. The smallest absolute Gasteiger partial charge is 0.237 e. The Hall–Kier alpha value is -1.06. The number of halogens is 1. The molecule has 1 rings (SSSR count). The molecule has 0 aliphatic carbocycles. The Morgan fingerprint density at radius 2 is 2.36 bits per heavy atom. The molecule has 0 fully saturated rings. The van der Waals surface area contributed by atoms with Crippen molar-refractivity contribution in [2.75, 3.05) is 7.05 Å². The molecule has 0 saturated heterocycles. The molecule has 1 aromatic rings. The van der Waals surface area contributed by atoms with E-state index in [1.165, 1.54) is 0 Å². The minimum Gasteiger partial charge on any atom is -0.358 e. The number of carbonyl (C=O) groups excluding carboxylic acids is 1. The Labute approximate surface area is 88.2 Å². The van der Waals surface area contributed by atoms with Gasteiger partial charge < -0.3 is 11.1 Å². The molecular weight excluding hydrogens is 200 g/mol. The maximum absolute atomic E-state index is 11.1. The van der Waals surface area contributed by atoms with Crippen molar-refractivity contribution in [1.29, 1.82) is 0 Å². The summed E-state index contributed by atoms with van der Waals surface area (Å²) in [5.74, 6) is -0.162. The second kappa shape index (κ2) is 4.98. The van der Waals surface area contributed by atoms with Gasteiger partial charge in [-0.3, -0.25) is 4.79 Å². The third-order valence-corrected chi connectivity index (χ3v) is 2.16. The van der Waals surface area contributed by atoms with Crippen molar-refractivity contribution in [1.82, 2.24) is 5.32 Å². The lowest BCUT2D eigenvalue weighted by Gasteiger charge is -2.09. The summed E-state index contributed by atoms with van der Waals surface area (Å²) in [6, 6.07) is 6.82. The van der Waals surface area contributed by atoms with Crippen molar-refractivity contribution in [2.24, 2.45) is 5.73 Å². The number of nitrogens with one attached hydrogen (secondary N) is 1. The first-order valence-corrected chi connectivity index (χ1v) is 4.73. The van der Waals surface area contributed by atoms with E-state index in [1.54, 1.807) is 13.1 Å². The molecule has 1 amide bonds. The highest BCUT2D eigenvalue weighted by molar-refractivity contribution is 6.30. The van der Waals surface area contributed by atoms with Crippen molar-refractivity contribution in [3.05, 3.63) is 34.9 Å². The van der Waals surface area contributed by atoms with Gasteiger partial charge in [-0.15, -0.1) is 0 Å². The highest BCUT2D eigenvalue weighted by Crippen LogP contribution is 2.11. The normalized spacial score (nSPS) is 12.2. The van der Waals surface area contributed by atoms with Gasteiger partial charge in [-0.05, 0) is 24.1 Å². The summed E-state index contributed by atoms with van der Waals surface area (Å²) < 4.78 is 0. The highest BCUT2D eigenvalue weighted by Gasteiger charge is 2.11. The number of carbonyl (C=O) groups is 1. The van der Waals surface area contributed by atoms with Gasteiger partial charge in [0.1, 0.15) is 0 Å². The largest absolute Gasteiger partial charge is 0.358 e. The summed E-state index contributed by atoms with van der Waals surface area (Å²) in [5.41, 5.74) is 6.62. The Morgan fingerprint density at radius 3 is 2.93 bits per heavy atom. The summed E-state index contributed by atoms with van der Waals surface area (Å²) in [4.78, 5) is 11.1. The van der Waals surface area contributed by atoms with Gasteiger partial charge in [-0.1, -0.05) is 23.7 Å². The number of likely N-dealkylation sites (N-methyl/N-ethyl adjacent to an activating group) is 1. The predicted octanol–water partition coefficient (Wildman–Crippen LogP) is 0.956. The predicted molar refractivity (Wildman–Crippen MR) is 57.2 cm³/mol. The Kier molecular flexibility index (Phi) is 3.92. The highest BCUT2D eigenvalue weighted by atomic mass is 35.5. The van der Waals surface area contributed by atoms with Crippen LogP contribution < -0.4 is 11.1 Å². The molecule has 3 nitrogen and oxygen atoms in total. The van der Waals surface area contributed by atoms with E-state index in [2.05, 4.69) is 5.32 Å². The van der Waals surface area contributed by atoms with Crippen LogP contribution in [0, 0.1) is 0 Å². The van der Waals surface area contributed by atoms with Crippen molar-refractivity contribution >= 4 is 17.5 Å². The minimum atomic E-state index is -0.515. The van der Waals surface area contributed by atoms with E-state index in [9.17, 15) is 4.79 Å². The van der Waals surface area contributed by atoms with Crippen molar-refractivity contribution in [3.8, 4) is 0 Å². The first-order chi connectivity index (χ1) is 6.63. The first kappa shape index (κ1) is 11.0. The van der Waals surface area contributed by atoms with Gasteiger partial charge in [0.2, 0.25) is 5.91 Å². The summed E-state index contributed by atoms with van der Waals surface area (Å²) >= 11 is 5.80. The van der Waals surface area contributed by atoms with Gasteiger partial charge in [0.05, 0.1) is 6.04 Å². The molecule has 3 N–H and O–H groups in total. The zero-order chi connectivity index (χ0) is 10.6. The van der Waals surface area contributed by atoms with E-state index >= 15 is 0 Å². The third-order valence-electron chi connectivity index (χ3n) is 1.93. The van der Waals surface area contributed by atoms with Crippen LogP contribution in [0.2, 0.25) is 5.02 Å². The molecule has 1 atom stereocenters. The topological polar surface area (TPSA) is 55.1 Å². The van der Waals surface area contributed by atoms with E-state index < -0.39 is 6.04 Å². The molecule has 0 spiro atoms. The summed E-state index contributed by atoms with van der Waals surface area (Å²) in [7, 11) is 1.57. The second-order valence-electron chi connectivity index (χ2n) is 3.05. The van der Waals surface area contributed by atoms with Gasteiger partial charge in [-0.25, -0.2) is 0 Å². The standard InChI is InChI=1S/C10H13ClN2O/c1-13-10(14)9(12)6-7-3-2-4-8(11)5-7/h2-5,9H,6,12H2,1H3,(H,13,14)/t9-/m0/s1. The molecule has 4 heteroatoms. The minimum absolute atomic E-state index is 0.162. The molecule has 1 aromatic carbocycles. The average Bonchev–Trinajstić information content (AvgIpc) is 2.16. The maximum Gasteiger partial charge on any atom is 0.237 e. The molecule has 0 bridgehead atoms. The average molecular weight is 213 g/mol. The summed E-state index contributed by atoms with van der Waals surface area (Å²) in [6.07, 6.45) is 0.500. The first-order valence-electron chi connectivity index (χ1n) is 4.35. The lowest BCUT2D eigenvalue weighted by molar-refractivity contribution is -0.121. The molecule has 0 radical (unpaired) electrons. The maximum atomic E-state index is 11.1. The van der Waals surface area contributed by atoms with Gasteiger partial charge in [-0.2, -0.15) is 0 Å². The van der Waals surface area contributed by atoms with Crippen molar-refractivity contribution in [3.63, 3.8) is 0 Å². The van der Waals surface area contributed by atoms with E-state index in [-0.39, 0.29) is 5.91 Å². The number of hydrogen-bond donors (Lipinski definition) is 2.